The van der Waals surface area contributed by atoms with Gasteiger partial charge < -0.3 is 10.6 Å². The molecule has 0 saturated carbocycles. The summed E-state index contributed by atoms with van der Waals surface area (Å²) < 4.78 is 13.4. The first-order valence-corrected chi connectivity index (χ1v) is 6.47. The fourth-order valence-electron chi connectivity index (χ4n) is 2.13. The summed E-state index contributed by atoms with van der Waals surface area (Å²) in [6.45, 7) is 4.17. The SMILES string of the molecule is Cc1ccc(CN=C(N)N2CCCCC2)cc1F. The van der Waals surface area contributed by atoms with Crippen LogP contribution < -0.4 is 5.73 Å². The third-order valence-electron chi connectivity index (χ3n) is 3.34. The largest absolute Gasteiger partial charge is 0.370 e. The van der Waals surface area contributed by atoms with Crippen molar-refractivity contribution in [2.24, 2.45) is 10.7 Å². The van der Waals surface area contributed by atoms with Crippen LogP contribution in [-0.4, -0.2) is 23.9 Å². The molecule has 1 aliphatic rings. The van der Waals surface area contributed by atoms with Gasteiger partial charge in [0.15, 0.2) is 5.96 Å². The van der Waals surface area contributed by atoms with Gasteiger partial charge in [0.1, 0.15) is 5.82 Å². The number of aliphatic imine (C=N–C) groups is 1. The molecule has 0 bridgehead atoms. The van der Waals surface area contributed by atoms with E-state index in [1.54, 1.807) is 13.0 Å². The summed E-state index contributed by atoms with van der Waals surface area (Å²) in [5.74, 6) is 0.398. The number of piperidine rings is 1. The maximum absolute atomic E-state index is 13.4. The lowest BCUT2D eigenvalue weighted by Crippen LogP contribution is -2.40. The molecule has 0 unspecified atom stereocenters. The second-order valence-corrected chi connectivity index (χ2v) is 4.81. The Morgan fingerprint density at radius 1 is 1.33 bits per heavy atom. The highest BCUT2D eigenvalue weighted by atomic mass is 19.1. The van der Waals surface area contributed by atoms with E-state index in [4.69, 9.17) is 5.73 Å². The second-order valence-electron chi connectivity index (χ2n) is 4.81. The van der Waals surface area contributed by atoms with Gasteiger partial charge in [-0.05, 0) is 43.4 Å². The van der Waals surface area contributed by atoms with Crippen molar-refractivity contribution in [3.8, 4) is 0 Å². The summed E-state index contributed by atoms with van der Waals surface area (Å²) in [4.78, 5) is 6.45. The third kappa shape index (κ3) is 3.22. The molecule has 1 saturated heterocycles. The average Bonchev–Trinajstić information content (AvgIpc) is 2.41. The molecule has 0 aliphatic carbocycles. The highest BCUT2D eigenvalue weighted by Gasteiger charge is 2.11. The fraction of sp³-hybridized carbons (Fsp3) is 0.500. The zero-order valence-electron chi connectivity index (χ0n) is 10.8. The topological polar surface area (TPSA) is 41.6 Å². The molecule has 1 aromatic rings. The highest BCUT2D eigenvalue weighted by molar-refractivity contribution is 5.78. The van der Waals surface area contributed by atoms with E-state index < -0.39 is 0 Å². The van der Waals surface area contributed by atoms with Gasteiger partial charge >= 0.3 is 0 Å². The van der Waals surface area contributed by atoms with Crippen molar-refractivity contribution >= 4 is 5.96 Å². The fourth-order valence-corrected chi connectivity index (χ4v) is 2.13. The minimum atomic E-state index is -0.181. The minimum Gasteiger partial charge on any atom is -0.370 e. The van der Waals surface area contributed by atoms with Gasteiger partial charge in [-0.2, -0.15) is 0 Å². The van der Waals surface area contributed by atoms with Crippen molar-refractivity contribution in [1.82, 2.24) is 4.90 Å². The molecule has 0 spiro atoms. The standard InChI is InChI=1S/C14H20FN3/c1-11-5-6-12(9-13(11)15)10-17-14(16)18-7-3-2-4-8-18/h5-6,9H,2-4,7-8,10H2,1H3,(H2,16,17). The van der Waals surface area contributed by atoms with E-state index in [1.807, 2.05) is 6.07 Å². The molecule has 1 aliphatic heterocycles. The number of rotatable bonds is 2. The Balaban J connectivity index is 1.98. The van der Waals surface area contributed by atoms with Gasteiger partial charge in [0.25, 0.3) is 0 Å². The number of hydrogen-bond donors (Lipinski definition) is 1. The molecule has 0 amide bonds. The lowest BCUT2D eigenvalue weighted by Gasteiger charge is -2.27. The average molecular weight is 249 g/mol. The molecule has 18 heavy (non-hydrogen) atoms. The van der Waals surface area contributed by atoms with Crippen LogP contribution in [0, 0.1) is 12.7 Å². The Morgan fingerprint density at radius 2 is 2.06 bits per heavy atom. The van der Waals surface area contributed by atoms with Crippen molar-refractivity contribution in [2.45, 2.75) is 32.7 Å². The van der Waals surface area contributed by atoms with E-state index in [-0.39, 0.29) is 5.82 Å². The van der Waals surface area contributed by atoms with E-state index in [0.29, 0.717) is 18.1 Å². The van der Waals surface area contributed by atoms with E-state index in [1.165, 1.54) is 25.3 Å². The number of aryl methyl sites for hydroxylation is 1. The Kier molecular flexibility index (Phi) is 4.18. The van der Waals surface area contributed by atoms with Crippen LogP contribution in [0.5, 0.6) is 0 Å². The molecule has 0 aromatic heterocycles. The van der Waals surface area contributed by atoms with Gasteiger partial charge in [-0.25, -0.2) is 9.38 Å². The predicted octanol–water partition coefficient (Wildman–Crippen LogP) is 2.43. The lowest BCUT2D eigenvalue weighted by molar-refractivity contribution is 0.338. The first-order chi connectivity index (χ1) is 8.66. The van der Waals surface area contributed by atoms with Gasteiger partial charge in [-0.15, -0.1) is 0 Å². The molecule has 1 aromatic carbocycles. The first kappa shape index (κ1) is 12.9. The number of hydrogen-bond acceptors (Lipinski definition) is 1. The molecule has 98 valence electrons. The summed E-state index contributed by atoms with van der Waals surface area (Å²) in [6, 6.07) is 5.20. The van der Waals surface area contributed by atoms with Crippen LogP contribution >= 0.6 is 0 Å². The number of halogens is 1. The number of nitrogens with zero attached hydrogens (tertiary/aromatic N) is 2. The van der Waals surface area contributed by atoms with Crippen LogP contribution in [0.1, 0.15) is 30.4 Å². The first-order valence-electron chi connectivity index (χ1n) is 6.47. The molecule has 0 atom stereocenters. The Hall–Kier alpha value is -1.58. The summed E-state index contributed by atoms with van der Waals surface area (Å²) in [6.07, 6.45) is 3.62. The molecular formula is C14H20FN3. The Labute approximate surface area is 108 Å². The van der Waals surface area contributed by atoms with Crippen molar-refractivity contribution < 1.29 is 4.39 Å². The smallest absolute Gasteiger partial charge is 0.191 e. The van der Waals surface area contributed by atoms with Crippen molar-refractivity contribution in [1.29, 1.82) is 0 Å². The van der Waals surface area contributed by atoms with E-state index in [9.17, 15) is 4.39 Å². The Morgan fingerprint density at radius 3 is 2.72 bits per heavy atom. The summed E-state index contributed by atoms with van der Waals surface area (Å²) >= 11 is 0. The highest BCUT2D eigenvalue weighted by Crippen LogP contribution is 2.11. The molecule has 0 radical (unpaired) electrons. The van der Waals surface area contributed by atoms with Gasteiger partial charge in [-0.1, -0.05) is 12.1 Å². The lowest BCUT2D eigenvalue weighted by atomic mass is 10.1. The Bertz CT molecular complexity index is 437. The molecule has 1 fully saturated rings. The number of guanidine groups is 1. The molecular weight excluding hydrogens is 229 g/mol. The van der Waals surface area contributed by atoms with Crippen molar-refractivity contribution in [3.05, 3.63) is 35.1 Å². The number of nitrogens with two attached hydrogens (primary N) is 1. The second kappa shape index (κ2) is 5.85. The van der Waals surface area contributed by atoms with E-state index in [2.05, 4.69) is 9.89 Å². The van der Waals surface area contributed by atoms with Crippen LogP contribution in [0.15, 0.2) is 23.2 Å². The zero-order valence-corrected chi connectivity index (χ0v) is 10.8. The predicted molar refractivity (Wildman–Crippen MR) is 71.9 cm³/mol. The summed E-state index contributed by atoms with van der Waals surface area (Å²) in [5.41, 5.74) is 7.46. The maximum Gasteiger partial charge on any atom is 0.191 e. The molecule has 3 nitrogen and oxygen atoms in total. The molecule has 2 rings (SSSR count). The third-order valence-corrected chi connectivity index (χ3v) is 3.34. The normalized spacial score (nSPS) is 17.0. The zero-order chi connectivity index (χ0) is 13.0. The van der Waals surface area contributed by atoms with Gasteiger partial charge in [0.05, 0.1) is 6.54 Å². The summed E-state index contributed by atoms with van der Waals surface area (Å²) in [7, 11) is 0. The quantitative estimate of drug-likeness (QED) is 0.646. The number of benzene rings is 1. The van der Waals surface area contributed by atoms with Gasteiger partial charge in [0, 0.05) is 13.1 Å². The molecule has 4 heteroatoms. The van der Waals surface area contributed by atoms with Gasteiger partial charge in [0.2, 0.25) is 0 Å². The maximum atomic E-state index is 13.4. The van der Waals surface area contributed by atoms with Crippen LogP contribution in [-0.2, 0) is 6.54 Å². The van der Waals surface area contributed by atoms with Crippen molar-refractivity contribution in [3.63, 3.8) is 0 Å². The van der Waals surface area contributed by atoms with Crippen LogP contribution in [0.4, 0.5) is 4.39 Å². The van der Waals surface area contributed by atoms with E-state index >= 15 is 0 Å². The summed E-state index contributed by atoms with van der Waals surface area (Å²) in [5, 5.41) is 0. The molecule has 1 heterocycles. The van der Waals surface area contributed by atoms with Crippen LogP contribution in [0.2, 0.25) is 0 Å². The van der Waals surface area contributed by atoms with Crippen molar-refractivity contribution in [2.75, 3.05) is 13.1 Å². The monoisotopic (exact) mass is 249 g/mol. The minimum absolute atomic E-state index is 0.181. The molecule has 2 N–H and O–H groups in total. The van der Waals surface area contributed by atoms with E-state index in [0.717, 1.165) is 18.7 Å². The van der Waals surface area contributed by atoms with Crippen LogP contribution in [0.25, 0.3) is 0 Å². The number of likely N-dealkylation sites (tertiary alicyclic amines) is 1. The van der Waals surface area contributed by atoms with Crippen LogP contribution in [0.3, 0.4) is 0 Å². The van der Waals surface area contributed by atoms with Gasteiger partial charge in [-0.3, -0.25) is 0 Å².